The maximum Gasteiger partial charge on any atom is 0.334 e. The zero-order valence-corrected chi connectivity index (χ0v) is 12.6. The van der Waals surface area contributed by atoms with Crippen molar-refractivity contribution in [3.8, 4) is 0 Å². The minimum atomic E-state index is -0.429. The molecule has 22 heavy (non-hydrogen) atoms. The highest BCUT2D eigenvalue weighted by molar-refractivity contribution is 6.02. The van der Waals surface area contributed by atoms with Crippen molar-refractivity contribution in [2.45, 2.75) is 6.42 Å². The summed E-state index contributed by atoms with van der Waals surface area (Å²) in [5, 5.41) is 0. The molecule has 4 aliphatic carbocycles. The fourth-order valence-electron chi connectivity index (χ4n) is 4.73. The molecule has 1 fully saturated rings. The molecule has 0 heterocycles. The van der Waals surface area contributed by atoms with Gasteiger partial charge in [-0.25, -0.2) is 9.59 Å². The van der Waals surface area contributed by atoms with Gasteiger partial charge in [-0.05, 0) is 24.2 Å². The largest absolute Gasteiger partial charge is 0.466 e. The van der Waals surface area contributed by atoms with Crippen LogP contribution < -0.4 is 0 Å². The highest BCUT2D eigenvalue weighted by Gasteiger charge is 2.55. The molecule has 4 rings (SSSR count). The lowest BCUT2D eigenvalue weighted by molar-refractivity contribution is -0.140. The summed E-state index contributed by atoms with van der Waals surface area (Å²) in [6.07, 6.45) is 11.5. The Kier molecular flexibility index (Phi) is 2.90. The van der Waals surface area contributed by atoms with Gasteiger partial charge in [0.05, 0.1) is 25.4 Å². The molecule has 0 aromatic heterocycles. The fraction of sp³-hybridized carbons (Fsp3) is 0.444. The number of allylic oxidation sites excluding steroid dienone is 6. The molecule has 0 aromatic rings. The molecule has 0 unspecified atom stereocenters. The molecule has 0 radical (unpaired) electrons. The summed E-state index contributed by atoms with van der Waals surface area (Å²) in [5.41, 5.74) is 2.22. The van der Waals surface area contributed by atoms with Crippen molar-refractivity contribution < 1.29 is 19.1 Å². The van der Waals surface area contributed by atoms with E-state index in [0.29, 0.717) is 35.3 Å². The summed E-state index contributed by atoms with van der Waals surface area (Å²) in [5.74, 6) is 0.726. The maximum absolute atomic E-state index is 12.4. The smallest absolute Gasteiger partial charge is 0.334 e. The fourth-order valence-corrected chi connectivity index (χ4v) is 4.73. The SMILES string of the molecule is COC(=O)C1=C(C(=O)OC)[C@H]2C(=CC1)[C@H]1C=C[C@@H]3C=C[C@H]2[C@H]31. The Hall–Kier alpha value is -2.10. The quantitative estimate of drug-likeness (QED) is 0.579. The minimum Gasteiger partial charge on any atom is -0.466 e. The Morgan fingerprint density at radius 3 is 2.50 bits per heavy atom. The summed E-state index contributed by atoms with van der Waals surface area (Å²) < 4.78 is 9.85. The second kappa shape index (κ2) is 4.70. The third-order valence-corrected chi connectivity index (χ3v) is 5.54. The second-order valence-electron chi connectivity index (χ2n) is 6.29. The molecule has 4 heteroatoms. The van der Waals surface area contributed by atoms with E-state index < -0.39 is 11.9 Å². The highest BCUT2D eigenvalue weighted by atomic mass is 16.5. The molecule has 1 saturated carbocycles. The molecule has 0 aliphatic heterocycles. The van der Waals surface area contributed by atoms with Crippen molar-refractivity contribution in [1.29, 1.82) is 0 Å². The molecule has 114 valence electrons. The van der Waals surface area contributed by atoms with Crippen molar-refractivity contribution in [1.82, 2.24) is 0 Å². The minimum absolute atomic E-state index is 0.0449. The van der Waals surface area contributed by atoms with Crippen molar-refractivity contribution in [3.63, 3.8) is 0 Å². The summed E-state index contributed by atoms with van der Waals surface area (Å²) in [4.78, 5) is 24.5. The van der Waals surface area contributed by atoms with Gasteiger partial charge in [0, 0.05) is 11.8 Å². The van der Waals surface area contributed by atoms with Crippen molar-refractivity contribution in [3.05, 3.63) is 47.1 Å². The average Bonchev–Trinajstić information content (AvgIpc) is 3.21. The monoisotopic (exact) mass is 298 g/mol. The summed E-state index contributed by atoms with van der Waals surface area (Å²) >= 11 is 0. The first kappa shape index (κ1) is 13.6. The van der Waals surface area contributed by atoms with E-state index in [2.05, 4.69) is 30.4 Å². The molecule has 4 nitrogen and oxygen atoms in total. The summed E-state index contributed by atoms with van der Waals surface area (Å²) in [6.45, 7) is 0. The number of carbonyl (C=O) groups is 2. The van der Waals surface area contributed by atoms with Crippen molar-refractivity contribution in [2.24, 2.45) is 29.6 Å². The predicted octanol–water partition coefficient (Wildman–Crippen LogP) is 2.19. The van der Waals surface area contributed by atoms with Crippen LogP contribution in [0.15, 0.2) is 47.1 Å². The third kappa shape index (κ3) is 1.58. The van der Waals surface area contributed by atoms with E-state index in [0.717, 1.165) is 0 Å². The highest BCUT2D eigenvalue weighted by Crippen LogP contribution is 2.60. The zero-order chi connectivity index (χ0) is 15.4. The summed E-state index contributed by atoms with van der Waals surface area (Å²) in [6, 6.07) is 0. The predicted molar refractivity (Wildman–Crippen MR) is 79.5 cm³/mol. The lowest BCUT2D eigenvalue weighted by Crippen LogP contribution is -2.26. The first-order valence-corrected chi connectivity index (χ1v) is 7.63. The average molecular weight is 298 g/mol. The van der Waals surface area contributed by atoms with Crippen LogP contribution in [-0.2, 0) is 19.1 Å². The van der Waals surface area contributed by atoms with Crippen LogP contribution in [0.2, 0.25) is 0 Å². The van der Waals surface area contributed by atoms with Crippen LogP contribution in [0.25, 0.3) is 0 Å². The number of ether oxygens (including phenoxy) is 2. The second-order valence-corrected chi connectivity index (χ2v) is 6.29. The lowest BCUT2D eigenvalue weighted by Gasteiger charge is -2.26. The molecule has 4 aliphatic rings. The van der Waals surface area contributed by atoms with Gasteiger partial charge in [0.15, 0.2) is 0 Å². The van der Waals surface area contributed by atoms with E-state index in [4.69, 9.17) is 9.47 Å². The number of fused-ring (bicyclic) bond motifs is 3. The van der Waals surface area contributed by atoms with Crippen LogP contribution in [0.3, 0.4) is 0 Å². The zero-order valence-electron chi connectivity index (χ0n) is 12.6. The van der Waals surface area contributed by atoms with Crippen LogP contribution >= 0.6 is 0 Å². The third-order valence-electron chi connectivity index (χ3n) is 5.54. The van der Waals surface area contributed by atoms with E-state index in [-0.39, 0.29) is 11.8 Å². The Morgan fingerprint density at radius 1 is 1.05 bits per heavy atom. The molecule has 0 bridgehead atoms. The van der Waals surface area contributed by atoms with Gasteiger partial charge >= 0.3 is 11.9 Å². The number of hydrogen-bond donors (Lipinski definition) is 0. The lowest BCUT2D eigenvalue weighted by atomic mass is 9.78. The number of esters is 2. The molecule has 0 N–H and O–H groups in total. The van der Waals surface area contributed by atoms with E-state index in [1.807, 2.05) is 0 Å². The van der Waals surface area contributed by atoms with Gasteiger partial charge in [0.2, 0.25) is 0 Å². The van der Waals surface area contributed by atoms with Gasteiger partial charge in [0.1, 0.15) is 0 Å². The van der Waals surface area contributed by atoms with E-state index >= 15 is 0 Å². The van der Waals surface area contributed by atoms with Gasteiger partial charge in [-0.2, -0.15) is 0 Å². The Balaban J connectivity index is 1.84. The molecule has 0 amide bonds. The van der Waals surface area contributed by atoms with Crippen LogP contribution in [-0.4, -0.2) is 26.2 Å². The Labute approximate surface area is 129 Å². The van der Waals surface area contributed by atoms with Crippen molar-refractivity contribution in [2.75, 3.05) is 14.2 Å². The summed E-state index contributed by atoms with van der Waals surface area (Å²) in [7, 11) is 2.71. The van der Waals surface area contributed by atoms with Gasteiger partial charge in [-0.3, -0.25) is 0 Å². The number of methoxy groups -OCH3 is 2. The standard InChI is InChI=1S/C18H18O4/c1-21-17(19)13-8-7-11-10-5-3-9-4-6-12(14(9)10)15(11)16(13)18(20)22-2/h3-7,9-10,12,14-15H,8H2,1-2H3/t9-,10-,12+,14-,15+/m1/s1. The first-order valence-electron chi connectivity index (χ1n) is 7.63. The van der Waals surface area contributed by atoms with Gasteiger partial charge in [0.25, 0.3) is 0 Å². The van der Waals surface area contributed by atoms with Crippen LogP contribution in [0.4, 0.5) is 0 Å². The van der Waals surface area contributed by atoms with Crippen LogP contribution in [0.5, 0.6) is 0 Å². The van der Waals surface area contributed by atoms with E-state index in [1.165, 1.54) is 19.8 Å². The molecular weight excluding hydrogens is 280 g/mol. The molecule has 5 atom stereocenters. The Morgan fingerprint density at radius 2 is 1.77 bits per heavy atom. The van der Waals surface area contributed by atoms with Crippen LogP contribution in [0.1, 0.15) is 6.42 Å². The molecular formula is C18H18O4. The van der Waals surface area contributed by atoms with Gasteiger partial charge in [-0.15, -0.1) is 0 Å². The van der Waals surface area contributed by atoms with E-state index in [9.17, 15) is 9.59 Å². The molecule has 0 saturated heterocycles. The normalized spacial score (nSPS) is 37.0. The van der Waals surface area contributed by atoms with Crippen LogP contribution in [0, 0.1) is 29.6 Å². The first-order chi connectivity index (χ1) is 10.7. The van der Waals surface area contributed by atoms with E-state index in [1.54, 1.807) is 0 Å². The maximum atomic E-state index is 12.4. The Bertz CT molecular complexity index is 679. The topological polar surface area (TPSA) is 52.6 Å². The number of carbonyl (C=O) groups excluding carboxylic acids is 2. The van der Waals surface area contributed by atoms with Gasteiger partial charge < -0.3 is 9.47 Å². The van der Waals surface area contributed by atoms with Crippen molar-refractivity contribution >= 4 is 11.9 Å². The molecule has 0 aromatic carbocycles. The van der Waals surface area contributed by atoms with Gasteiger partial charge in [-0.1, -0.05) is 36.0 Å². The molecule has 0 spiro atoms. The number of rotatable bonds is 2. The number of hydrogen-bond acceptors (Lipinski definition) is 4.